The second-order valence-corrected chi connectivity index (χ2v) is 7.29. The van der Waals surface area contributed by atoms with Gasteiger partial charge in [-0.1, -0.05) is 25.1 Å². The van der Waals surface area contributed by atoms with Gasteiger partial charge in [0.25, 0.3) is 5.91 Å². The maximum atomic E-state index is 12.6. The van der Waals surface area contributed by atoms with Gasteiger partial charge < -0.3 is 4.90 Å². The lowest BCUT2D eigenvalue weighted by molar-refractivity contribution is 0.0743. The number of rotatable bonds is 4. The molecule has 0 atom stereocenters. The normalized spacial score (nSPS) is 15.9. The summed E-state index contributed by atoms with van der Waals surface area (Å²) in [7, 11) is -3.56. The molecule has 1 N–H and O–H groups in total. The first-order valence-corrected chi connectivity index (χ1v) is 8.89. The number of hydrogen-bond acceptors (Lipinski definition) is 3. The van der Waals surface area contributed by atoms with Gasteiger partial charge in [-0.3, -0.25) is 4.79 Å². The van der Waals surface area contributed by atoms with E-state index in [1.54, 1.807) is 17.9 Å². The molecule has 0 bridgehead atoms. The fraction of sp³-hybridized carbons (Fsp3) is 0.438. The average molecular weight is 322 g/mol. The number of carbonyl (C=O) groups excluding carboxylic acids is 1. The van der Waals surface area contributed by atoms with Gasteiger partial charge >= 0.3 is 0 Å². The molecule has 0 spiro atoms. The van der Waals surface area contributed by atoms with Crippen LogP contribution in [0.15, 0.2) is 35.2 Å². The summed E-state index contributed by atoms with van der Waals surface area (Å²) in [6.07, 6.45) is 1.61. The molecule has 1 saturated heterocycles. The van der Waals surface area contributed by atoms with Crippen molar-refractivity contribution in [2.45, 2.75) is 31.6 Å². The highest BCUT2D eigenvalue weighted by Crippen LogP contribution is 2.21. The lowest BCUT2D eigenvalue weighted by Gasteiger charge is -2.28. The Balaban J connectivity index is 2.31. The lowest BCUT2D eigenvalue weighted by atomic mass is 10.0. The van der Waals surface area contributed by atoms with Crippen molar-refractivity contribution in [3.63, 3.8) is 0 Å². The van der Waals surface area contributed by atoms with Crippen LogP contribution in [0.5, 0.6) is 0 Å². The zero-order valence-electron chi connectivity index (χ0n) is 13.1. The van der Waals surface area contributed by atoms with E-state index in [0.29, 0.717) is 25.2 Å². The average Bonchev–Trinajstić information content (AvgIpc) is 2.47. The van der Waals surface area contributed by atoms with Gasteiger partial charge in [0.15, 0.2) is 0 Å². The van der Waals surface area contributed by atoms with Gasteiger partial charge in [0, 0.05) is 25.2 Å². The van der Waals surface area contributed by atoms with E-state index in [2.05, 4.69) is 11.3 Å². The quantitative estimate of drug-likeness (QED) is 0.863. The summed E-state index contributed by atoms with van der Waals surface area (Å²) in [5.41, 5.74) is 2.39. The molecule has 1 fully saturated rings. The van der Waals surface area contributed by atoms with Gasteiger partial charge in [-0.2, -0.15) is 0 Å². The van der Waals surface area contributed by atoms with Gasteiger partial charge in [0.2, 0.25) is 10.0 Å². The molecule has 1 heterocycles. The predicted octanol–water partition coefficient (Wildman–Crippen LogP) is 2.09. The summed E-state index contributed by atoms with van der Waals surface area (Å²) in [5, 5.41) is 0. The van der Waals surface area contributed by atoms with E-state index in [-0.39, 0.29) is 10.8 Å². The Morgan fingerprint density at radius 2 is 1.95 bits per heavy atom. The zero-order chi connectivity index (χ0) is 16.3. The smallest absolute Gasteiger partial charge is 0.254 e. The minimum absolute atomic E-state index is 0.112. The molecular weight excluding hydrogens is 300 g/mol. The highest BCUT2D eigenvalue weighted by Gasteiger charge is 2.23. The fourth-order valence-electron chi connectivity index (χ4n) is 2.47. The summed E-state index contributed by atoms with van der Waals surface area (Å²) in [4.78, 5) is 14.5. The molecule has 1 aliphatic heterocycles. The minimum Gasteiger partial charge on any atom is -0.338 e. The van der Waals surface area contributed by atoms with Crippen LogP contribution in [0.2, 0.25) is 0 Å². The molecule has 1 aromatic rings. The first kappa shape index (κ1) is 16.7. The summed E-state index contributed by atoms with van der Waals surface area (Å²) in [6, 6.07) is 4.68. The number of piperidine rings is 1. The van der Waals surface area contributed by atoms with Gasteiger partial charge in [-0.15, -0.1) is 0 Å². The van der Waals surface area contributed by atoms with Gasteiger partial charge in [0.1, 0.15) is 0 Å². The number of carbonyl (C=O) groups is 1. The van der Waals surface area contributed by atoms with Gasteiger partial charge in [-0.25, -0.2) is 13.1 Å². The van der Waals surface area contributed by atoms with Crippen LogP contribution in [0, 0.1) is 6.92 Å². The molecule has 0 aliphatic carbocycles. The van der Waals surface area contributed by atoms with E-state index in [9.17, 15) is 13.2 Å². The largest absolute Gasteiger partial charge is 0.338 e. The number of sulfonamides is 1. The second-order valence-electron chi connectivity index (χ2n) is 5.52. The first-order chi connectivity index (χ1) is 10.3. The van der Waals surface area contributed by atoms with Crippen molar-refractivity contribution >= 4 is 15.9 Å². The molecular formula is C16H22N2O3S. The van der Waals surface area contributed by atoms with Crippen LogP contribution in [0.3, 0.4) is 0 Å². The van der Waals surface area contributed by atoms with Crippen molar-refractivity contribution in [2.75, 3.05) is 19.6 Å². The van der Waals surface area contributed by atoms with E-state index in [4.69, 9.17) is 0 Å². The summed E-state index contributed by atoms with van der Waals surface area (Å²) >= 11 is 0. The van der Waals surface area contributed by atoms with Gasteiger partial charge in [0.05, 0.1) is 4.90 Å². The Morgan fingerprint density at radius 1 is 1.32 bits per heavy atom. The third-order valence-corrected chi connectivity index (χ3v) is 5.39. The van der Waals surface area contributed by atoms with Crippen molar-refractivity contribution in [3.05, 3.63) is 41.5 Å². The van der Waals surface area contributed by atoms with Gasteiger partial charge in [-0.05, 0) is 37.5 Å². The molecule has 120 valence electrons. The molecule has 1 amide bonds. The standard InChI is InChI=1S/C16H22N2O3S/c1-4-17-22(20,21)14-6-5-13(3)15(11-14)16(19)18-9-7-12(2)8-10-18/h5-6,11,17H,2,4,7-10H2,1,3H3. The lowest BCUT2D eigenvalue weighted by Crippen LogP contribution is -2.36. The molecule has 6 heteroatoms. The Hall–Kier alpha value is -1.66. The topological polar surface area (TPSA) is 66.5 Å². The van der Waals surface area contributed by atoms with Crippen LogP contribution in [0.4, 0.5) is 0 Å². The second kappa shape index (κ2) is 6.62. The molecule has 5 nitrogen and oxygen atoms in total. The monoisotopic (exact) mass is 322 g/mol. The predicted molar refractivity (Wildman–Crippen MR) is 86.3 cm³/mol. The highest BCUT2D eigenvalue weighted by atomic mass is 32.2. The molecule has 0 unspecified atom stereocenters. The number of benzene rings is 1. The summed E-state index contributed by atoms with van der Waals surface area (Å²) < 4.78 is 26.6. The number of amides is 1. The number of aryl methyl sites for hydroxylation is 1. The molecule has 22 heavy (non-hydrogen) atoms. The van der Waals surface area contributed by atoms with E-state index in [0.717, 1.165) is 24.0 Å². The van der Waals surface area contributed by atoms with Crippen LogP contribution in [-0.2, 0) is 10.0 Å². The van der Waals surface area contributed by atoms with E-state index in [1.807, 2.05) is 6.92 Å². The molecule has 1 aromatic carbocycles. The van der Waals surface area contributed by atoms with Crippen molar-refractivity contribution in [2.24, 2.45) is 0 Å². The SMILES string of the molecule is C=C1CCN(C(=O)c2cc(S(=O)(=O)NCC)ccc2C)CC1. The summed E-state index contributed by atoms with van der Waals surface area (Å²) in [6.45, 7) is 9.07. The molecule has 0 aromatic heterocycles. The minimum atomic E-state index is -3.56. The fourth-order valence-corrected chi connectivity index (χ4v) is 3.54. The van der Waals surface area contributed by atoms with Crippen molar-refractivity contribution in [1.82, 2.24) is 9.62 Å². The number of likely N-dealkylation sites (tertiary alicyclic amines) is 1. The van der Waals surface area contributed by atoms with Crippen molar-refractivity contribution in [3.8, 4) is 0 Å². The van der Waals surface area contributed by atoms with Crippen LogP contribution in [-0.4, -0.2) is 38.9 Å². The van der Waals surface area contributed by atoms with E-state index < -0.39 is 10.0 Å². The Morgan fingerprint density at radius 3 is 2.55 bits per heavy atom. The molecule has 2 rings (SSSR count). The summed E-state index contributed by atoms with van der Waals surface area (Å²) in [5.74, 6) is -0.112. The number of hydrogen-bond donors (Lipinski definition) is 1. The van der Waals surface area contributed by atoms with E-state index >= 15 is 0 Å². The van der Waals surface area contributed by atoms with Crippen LogP contribution < -0.4 is 4.72 Å². The highest BCUT2D eigenvalue weighted by molar-refractivity contribution is 7.89. The third-order valence-electron chi connectivity index (χ3n) is 3.84. The third kappa shape index (κ3) is 3.56. The van der Waals surface area contributed by atoms with Crippen molar-refractivity contribution in [1.29, 1.82) is 0 Å². The van der Waals surface area contributed by atoms with Crippen molar-refractivity contribution < 1.29 is 13.2 Å². The molecule has 1 aliphatic rings. The first-order valence-electron chi connectivity index (χ1n) is 7.41. The molecule has 0 radical (unpaired) electrons. The maximum Gasteiger partial charge on any atom is 0.254 e. The maximum absolute atomic E-state index is 12.6. The number of nitrogens with one attached hydrogen (secondary N) is 1. The number of nitrogens with zero attached hydrogens (tertiary/aromatic N) is 1. The van der Waals surface area contributed by atoms with E-state index in [1.165, 1.54) is 12.1 Å². The Labute approximate surface area is 132 Å². The molecule has 0 saturated carbocycles. The Kier molecular flexibility index (Phi) is 5.03. The van der Waals surface area contributed by atoms with Crippen LogP contribution in [0.25, 0.3) is 0 Å². The van der Waals surface area contributed by atoms with Crippen LogP contribution >= 0.6 is 0 Å². The van der Waals surface area contributed by atoms with Crippen LogP contribution in [0.1, 0.15) is 35.7 Å². The Bertz CT molecular complexity index is 685. The zero-order valence-corrected chi connectivity index (χ0v) is 13.9.